The Labute approximate surface area is 151 Å². The van der Waals surface area contributed by atoms with Crippen molar-refractivity contribution >= 4 is 7.28 Å². The van der Waals surface area contributed by atoms with Crippen LogP contribution in [0.2, 0.25) is 0 Å². The van der Waals surface area contributed by atoms with Crippen LogP contribution in [-0.2, 0) is 4.52 Å². The maximum absolute atomic E-state index is 11.2. The molecule has 2 unspecified atom stereocenters. The van der Waals surface area contributed by atoms with Crippen molar-refractivity contribution in [2.24, 2.45) is 11.8 Å². The standard InChI is InChI=1S/C20H45O3P/c1-6-11-14-19(9-4)17-23-24(21,22,16-13-8-3)18-20(10-5)15-12-7-2/h19-22H,6-18H2,1-5H3. The molecule has 0 spiro atoms. The number of hydrogen-bond acceptors (Lipinski definition) is 3. The predicted octanol–water partition coefficient (Wildman–Crippen LogP) is 6.52. The second-order valence-corrected chi connectivity index (χ2v) is 11.4. The summed E-state index contributed by atoms with van der Waals surface area (Å²) in [5, 5.41) is 0. The Morgan fingerprint density at radius 3 is 1.71 bits per heavy atom. The first kappa shape index (κ1) is 24.3. The zero-order valence-electron chi connectivity index (χ0n) is 17.1. The predicted molar refractivity (Wildman–Crippen MR) is 109 cm³/mol. The third kappa shape index (κ3) is 10.3. The van der Waals surface area contributed by atoms with Crippen molar-refractivity contribution < 1.29 is 14.3 Å². The Kier molecular flexibility index (Phi) is 12.8. The van der Waals surface area contributed by atoms with E-state index < -0.39 is 7.28 Å². The van der Waals surface area contributed by atoms with E-state index in [4.69, 9.17) is 4.52 Å². The summed E-state index contributed by atoms with van der Waals surface area (Å²) in [4.78, 5) is 22.5. The first-order chi connectivity index (χ1) is 11.3. The van der Waals surface area contributed by atoms with Crippen LogP contribution in [0.5, 0.6) is 0 Å². The van der Waals surface area contributed by atoms with E-state index in [0.717, 1.165) is 51.4 Å². The fourth-order valence-corrected chi connectivity index (χ4v) is 6.70. The first-order valence-electron chi connectivity index (χ1n) is 10.5. The van der Waals surface area contributed by atoms with Crippen LogP contribution in [0.4, 0.5) is 0 Å². The zero-order chi connectivity index (χ0) is 18.5. The van der Waals surface area contributed by atoms with Crippen molar-refractivity contribution in [3.05, 3.63) is 0 Å². The van der Waals surface area contributed by atoms with Crippen molar-refractivity contribution in [3.8, 4) is 0 Å². The summed E-state index contributed by atoms with van der Waals surface area (Å²) < 4.78 is 6.02. The van der Waals surface area contributed by atoms with Crippen LogP contribution in [0.3, 0.4) is 0 Å². The molecule has 0 aliphatic rings. The van der Waals surface area contributed by atoms with Crippen molar-refractivity contribution in [2.45, 2.75) is 98.8 Å². The molecule has 148 valence electrons. The van der Waals surface area contributed by atoms with Gasteiger partial charge in [0, 0.05) is 0 Å². The average Bonchev–Trinajstić information content (AvgIpc) is 2.57. The first-order valence-corrected chi connectivity index (χ1v) is 12.9. The monoisotopic (exact) mass is 364 g/mol. The van der Waals surface area contributed by atoms with Gasteiger partial charge in [0.1, 0.15) is 0 Å². The second-order valence-electron chi connectivity index (χ2n) is 7.69. The molecule has 0 aromatic rings. The van der Waals surface area contributed by atoms with Crippen LogP contribution in [0.1, 0.15) is 98.8 Å². The van der Waals surface area contributed by atoms with Gasteiger partial charge >= 0.3 is 151 Å². The molecule has 4 heteroatoms. The third-order valence-corrected chi connectivity index (χ3v) is 8.49. The molecule has 0 aliphatic heterocycles. The molecule has 2 N–H and O–H groups in total. The summed E-state index contributed by atoms with van der Waals surface area (Å²) in [5.74, 6) is 0.813. The van der Waals surface area contributed by atoms with E-state index >= 15 is 0 Å². The number of rotatable bonds is 16. The van der Waals surface area contributed by atoms with Crippen LogP contribution in [0.15, 0.2) is 0 Å². The molecule has 0 fully saturated rings. The van der Waals surface area contributed by atoms with E-state index in [2.05, 4.69) is 34.6 Å². The molecule has 0 saturated carbocycles. The van der Waals surface area contributed by atoms with Crippen molar-refractivity contribution in [2.75, 3.05) is 18.9 Å². The number of hydrogen-bond donors (Lipinski definition) is 2. The molecular formula is C20H45O3P. The summed E-state index contributed by atoms with van der Waals surface area (Å²) in [7, 11) is -4.01. The van der Waals surface area contributed by atoms with Gasteiger partial charge in [0.15, 0.2) is 0 Å². The molecular weight excluding hydrogens is 319 g/mol. The van der Waals surface area contributed by atoms with Crippen LogP contribution in [0, 0.1) is 11.8 Å². The molecule has 0 aromatic carbocycles. The van der Waals surface area contributed by atoms with Gasteiger partial charge in [0.25, 0.3) is 0 Å². The molecule has 0 bridgehead atoms. The molecule has 3 nitrogen and oxygen atoms in total. The van der Waals surface area contributed by atoms with E-state index in [-0.39, 0.29) is 0 Å². The summed E-state index contributed by atoms with van der Waals surface area (Å²) in [6.07, 6.45) is 11.7. The van der Waals surface area contributed by atoms with Crippen molar-refractivity contribution in [1.82, 2.24) is 0 Å². The summed E-state index contributed by atoms with van der Waals surface area (Å²) in [6.45, 7) is 11.3. The minimum atomic E-state index is -4.01. The Morgan fingerprint density at radius 1 is 0.750 bits per heavy atom. The van der Waals surface area contributed by atoms with E-state index in [1.54, 1.807) is 0 Å². The van der Waals surface area contributed by atoms with Gasteiger partial charge in [0.2, 0.25) is 0 Å². The quantitative estimate of drug-likeness (QED) is 0.307. The van der Waals surface area contributed by atoms with E-state index in [1.165, 1.54) is 12.8 Å². The molecule has 24 heavy (non-hydrogen) atoms. The van der Waals surface area contributed by atoms with Gasteiger partial charge in [-0.25, -0.2) is 0 Å². The van der Waals surface area contributed by atoms with E-state index in [0.29, 0.717) is 30.8 Å². The Morgan fingerprint density at radius 2 is 1.25 bits per heavy atom. The second kappa shape index (κ2) is 12.6. The Balaban J connectivity index is 4.92. The zero-order valence-corrected chi connectivity index (χ0v) is 18.0. The molecule has 0 radical (unpaired) electrons. The third-order valence-electron chi connectivity index (χ3n) is 5.28. The van der Waals surface area contributed by atoms with Gasteiger partial charge in [0.05, 0.1) is 0 Å². The fourth-order valence-electron chi connectivity index (χ4n) is 3.30. The van der Waals surface area contributed by atoms with Crippen LogP contribution < -0.4 is 0 Å². The van der Waals surface area contributed by atoms with E-state index in [9.17, 15) is 9.79 Å². The molecule has 0 aromatic heterocycles. The molecule has 0 amide bonds. The van der Waals surface area contributed by atoms with Crippen molar-refractivity contribution in [1.29, 1.82) is 0 Å². The van der Waals surface area contributed by atoms with Gasteiger partial charge in [-0.2, -0.15) is 0 Å². The van der Waals surface area contributed by atoms with Gasteiger partial charge in [-0.3, -0.25) is 0 Å². The number of unbranched alkanes of at least 4 members (excludes halogenated alkanes) is 3. The van der Waals surface area contributed by atoms with Gasteiger partial charge in [-0.05, 0) is 0 Å². The van der Waals surface area contributed by atoms with Crippen LogP contribution in [0.25, 0.3) is 0 Å². The van der Waals surface area contributed by atoms with Crippen LogP contribution >= 0.6 is 7.28 Å². The van der Waals surface area contributed by atoms with Crippen molar-refractivity contribution in [3.63, 3.8) is 0 Å². The average molecular weight is 365 g/mol. The Bertz CT molecular complexity index is 307. The SMILES string of the molecule is CCCCC(CC)COP(O)(O)(CCCC)CC(CC)CCCC. The van der Waals surface area contributed by atoms with Gasteiger partial charge in [-0.1, -0.05) is 0 Å². The van der Waals surface area contributed by atoms with Gasteiger partial charge in [-0.15, -0.1) is 0 Å². The van der Waals surface area contributed by atoms with E-state index in [1.807, 2.05) is 0 Å². The summed E-state index contributed by atoms with van der Waals surface area (Å²) in [5.41, 5.74) is 0. The maximum atomic E-state index is 11.2. The summed E-state index contributed by atoms with van der Waals surface area (Å²) in [6, 6.07) is 0. The molecule has 0 heterocycles. The Hall–Kier alpha value is 0.310. The topological polar surface area (TPSA) is 49.7 Å². The summed E-state index contributed by atoms with van der Waals surface area (Å²) >= 11 is 0. The normalized spacial score (nSPS) is 16.5. The van der Waals surface area contributed by atoms with Gasteiger partial charge < -0.3 is 0 Å². The molecule has 0 rings (SSSR count). The fraction of sp³-hybridized carbons (Fsp3) is 1.00. The molecule has 2 atom stereocenters. The molecule has 0 saturated heterocycles. The molecule has 0 aliphatic carbocycles. The minimum absolute atomic E-state index is 0.366. The van der Waals surface area contributed by atoms with Crippen LogP contribution in [-0.4, -0.2) is 28.7 Å².